The van der Waals surface area contributed by atoms with Gasteiger partial charge in [0.05, 0.1) is 5.56 Å². The maximum atomic E-state index is 13.3. The predicted molar refractivity (Wildman–Crippen MR) is 68.6 cm³/mol. The molecule has 2 rings (SSSR count). The number of aliphatic hydroxyl groups is 1. The van der Waals surface area contributed by atoms with Gasteiger partial charge in [-0.3, -0.25) is 0 Å². The van der Waals surface area contributed by atoms with Crippen molar-refractivity contribution >= 4 is 5.97 Å². The highest BCUT2D eigenvalue weighted by Gasteiger charge is 2.21. The second kappa shape index (κ2) is 5.38. The molecule has 0 aliphatic carbocycles. The van der Waals surface area contributed by atoms with Crippen molar-refractivity contribution in [3.8, 4) is 0 Å². The van der Waals surface area contributed by atoms with Crippen LogP contribution in [0.15, 0.2) is 36.4 Å². The number of carboxylic acids is 1. The summed E-state index contributed by atoms with van der Waals surface area (Å²) in [4.78, 5) is 11.1. The fourth-order valence-corrected chi connectivity index (χ4v) is 1.90. The van der Waals surface area contributed by atoms with Crippen LogP contribution in [0.2, 0.25) is 0 Å². The lowest BCUT2D eigenvalue weighted by molar-refractivity contribution is 0.0690. The van der Waals surface area contributed by atoms with Crippen molar-refractivity contribution < 1.29 is 23.8 Å². The van der Waals surface area contributed by atoms with E-state index in [1.165, 1.54) is 0 Å². The van der Waals surface area contributed by atoms with Gasteiger partial charge in [-0.15, -0.1) is 0 Å². The third kappa shape index (κ3) is 2.67. The summed E-state index contributed by atoms with van der Waals surface area (Å²) in [6.45, 7) is 1.86. The zero-order valence-electron chi connectivity index (χ0n) is 10.6. The molecule has 5 heteroatoms. The molecule has 3 nitrogen and oxygen atoms in total. The molecule has 0 aliphatic heterocycles. The van der Waals surface area contributed by atoms with Crippen molar-refractivity contribution in [1.29, 1.82) is 0 Å². The van der Waals surface area contributed by atoms with E-state index < -0.39 is 29.3 Å². The van der Waals surface area contributed by atoms with Crippen LogP contribution in [0.25, 0.3) is 0 Å². The highest BCUT2D eigenvalue weighted by molar-refractivity contribution is 5.89. The topological polar surface area (TPSA) is 57.5 Å². The van der Waals surface area contributed by atoms with Crippen LogP contribution in [-0.2, 0) is 0 Å². The van der Waals surface area contributed by atoms with Gasteiger partial charge < -0.3 is 10.2 Å². The highest BCUT2D eigenvalue weighted by atomic mass is 19.2. The van der Waals surface area contributed by atoms with Gasteiger partial charge in [0.25, 0.3) is 0 Å². The molecule has 0 bridgehead atoms. The summed E-state index contributed by atoms with van der Waals surface area (Å²) in [7, 11) is 0. The average molecular weight is 278 g/mol. The molecule has 1 atom stereocenters. The fraction of sp³-hybridized carbons (Fsp3) is 0.133. The Bertz CT molecular complexity index is 651. The van der Waals surface area contributed by atoms with Crippen molar-refractivity contribution in [2.75, 3.05) is 0 Å². The first kappa shape index (κ1) is 14.1. The molecule has 2 aromatic rings. The first-order chi connectivity index (χ1) is 9.40. The minimum atomic E-state index is -1.43. The molecule has 0 radical (unpaired) electrons. The number of halogens is 2. The molecule has 2 aromatic carbocycles. The number of carboxylic acid groups (broad SMARTS) is 1. The lowest BCUT2D eigenvalue weighted by Crippen LogP contribution is -2.10. The first-order valence-electron chi connectivity index (χ1n) is 5.87. The molecular formula is C15H12F2O3. The van der Waals surface area contributed by atoms with E-state index in [0.717, 1.165) is 5.56 Å². The van der Waals surface area contributed by atoms with E-state index in [-0.39, 0.29) is 5.56 Å². The third-order valence-electron chi connectivity index (χ3n) is 3.01. The van der Waals surface area contributed by atoms with Crippen molar-refractivity contribution in [3.63, 3.8) is 0 Å². The van der Waals surface area contributed by atoms with Crippen LogP contribution in [0.5, 0.6) is 0 Å². The maximum absolute atomic E-state index is 13.3. The quantitative estimate of drug-likeness (QED) is 0.907. The Balaban J connectivity index is 2.53. The SMILES string of the molecule is Cc1ccc(C(O)c2cc(F)c(F)cc2C(=O)O)cc1. The minimum Gasteiger partial charge on any atom is -0.478 e. The molecule has 0 fully saturated rings. The van der Waals surface area contributed by atoms with Crippen LogP contribution in [0.1, 0.15) is 33.2 Å². The van der Waals surface area contributed by atoms with E-state index in [4.69, 9.17) is 5.11 Å². The number of carbonyl (C=O) groups is 1. The van der Waals surface area contributed by atoms with E-state index >= 15 is 0 Å². The van der Waals surface area contributed by atoms with Crippen molar-refractivity contribution in [3.05, 3.63) is 70.3 Å². The molecule has 1 unspecified atom stereocenters. The monoisotopic (exact) mass is 278 g/mol. The van der Waals surface area contributed by atoms with Gasteiger partial charge in [-0.1, -0.05) is 29.8 Å². The van der Waals surface area contributed by atoms with Gasteiger partial charge in [-0.25, -0.2) is 13.6 Å². The zero-order valence-corrected chi connectivity index (χ0v) is 10.6. The number of hydrogen-bond donors (Lipinski definition) is 2. The molecule has 0 saturated carbocycles. The lowest BCUT2D eigenvalue weighted by Gasteiger charge is -2.15. The zero-order chi connectivity index (χ0) is 14.9. The van der Waals surface area contributed by atoms with E-state index in [2.05, 4.69) is 0 Å². The molecular weight excluding hydrogens is 266 g/mol. The average Bonchev–Trinajstić information content (AvgIpc) is 2.41. The largest absolute Gasteiger partial charge is 0.478 e. The highest BCUT2D eigenvalue weighted by Crippen LogP contribution is 2.27. The Morgan fingerprint density at radius 1 is 1.10 bits per heavy atom. The van der Waals surface area contributed by atoms with E-state index in [1.807, 2.05) is 6.92 Å². The van der Waals surface area contributed by atoms with Gasteiger partial charge in [0.1, 0.15) is 6.10 Å². The molecule has 0 heterocycles. The molecule has 0 amide bonds. The second-order valence-corrected chi connectivity index (χ2v) is 4.47. The Kier molecular flexibility index (Phi) is 3.81. The summed E-state index contributed by atoms with van der Waals surface area (Å²) >= 11 is 0. The number of benzene rings is 2. The standard InChI is InChI=1S/C15H12F2O3/c1-8-2-4-9(5-3-8)14(18)10-6-12(16)13(17)7-11(10)15(19)20/h2-7,14,18H,1H3,(H,19,20). The number of hydrogen-bond acceptors (Lipinski definition) is 2. The summed E-state index contributed by atoms with van der Waals surface area (Å²) in [6.07, 6.45) is -1.34. The van der Waals surface area contributed by atoms with Crippen LogP contribution >= 0.6 is 0 Å². The Morgan fingerprint density at radius 2 is 1.65 bits per heavy atom. The molecule has 2 N–H and O–H groups in total. The van der Waals surface area contributed by atoms with Gasteiger partial charge >= 0.3 is 5.97 Å². The number of aryl methyl sites for hydroxylation is 1. The van der Waals surface area contributed by atoms with Crippen molar-refractivity contribution in [2.24, 2.45) is 0 Å². The number of aliphatic hydroxyl groups excluding tert-OH is 1. The van der Waals surface area contributed by atoms with Gasteiger partial charge in [0, 0.05) is 5.56 Å². The fourth-order valence-electron chi connectivity index (χ4n) is 1.90. The Labute approximate surface area is 114 Å². The predicted octanol–water partition coefficient (Wildman–Crippen LogP) is 3.05. The molecule has 20 heavy (non-hydrogen) atoms. The summed E-state index contributed by atoms with van der Waals surface area (Å²) in [5, 5.41) is 19.2. The first-order valence-corrected chi connectivity index (χ1v) is 5.87. The van der Waals surface area contributed by atoms with Crippen molar-refractivity contribution in [1.82, 2.24) is 0 Å². The summed E-state index contributed by atoms with van der Waals surface area (Å²) < 4.78 is 26.4. The lowest BCUT2D eigenvalue weighted by atomic mass is 9.96. The molecule has 0 saturated heterocycles. The van der Waals surface area contributed by atoms with Crippen LogP contribution in [0, 0.1) is 18.6 Å². The molecule has 0 spiro atoms. The van der Waals surface area contributed by atoms with Gasteiger partial charge in [0.2, 0.25) is 0 Å². The summed E-state index contributed by atoms with van der Waals surface area (Å²) in [6, 6.07) is 7.96. The number of rotatable bonds is 3. The summed E-state index contributed by atoms with van der Waals surface area (Å²) in [5.41, 5.74) is 0.728. The smallest absolute Gasteiger partial charge is 0.336 e. The Morgan fingerprint density at radius 3 is 2.20 bits per heavy atom. The van der Waals surface area contributed by atoms with Gasteiger partial charge in [-0.05, 0) is 24.6 Å². The second-order valence-electron chi connectivity index (χ2n) is 4.47. The molecule has 104 valence electrons. The van der Waals surface area contributed by atoms with E-state index in [0.29, 0.717) is 17.7 Å². The van der Waals surface area contributed by atoms with Crippen LogP contribution in [0.4, 0.5) is 8.78 Å². The summed E-state index contributed by atoms with van der Waals surface area (Å²) in [5.74, 6) is -3.89. The molecule has 0 aliphatic rings. The minimum absolute atomic E-state index is 0.180. The van der Waals surface area contributed by atoms with Crippen LogP contribution in [-0.4, -0.2) is 16.2 Å². The van der Waals surface area contributed by atoms with Crippen LogP contribution in [0.3, 0.4) is 0 Å². The third-order valence-corrected chi connectivity index (χ3v) is 3.01. The van der Waals surface area contributed by atoms with E-state index in [1.54, 1.807) is 24.3 Å². The van der Waals surface area contributed by atoms with E-state index in [9.17, 15) is 18.7 Å². The van der Waals surface area contributed by atoms with Gasteiger partial charge in [-0.2, -0.15) is 0 Å². The molecule has 0 aromatic heterocycles. The normalized spacial score (nSPS) is 12.2. The van der Waals surface area contributed by atoms with Crippen LogP contribution < -0.4 is 0 Å². The van der Waals surface area contributed by atoms with Crippen molar-refractivity contribution in [2.45, 2.75) is 13.0 Å². The van der Waals surface area contributed by atoms with Gasteiger partial charge in [0.15, 0.2) is 11.6 Å². The Hall–Kier alpha value is -2.27. The maximum Gasteiger partial charge on any atom is 0.336 e. The number of aromatic carboxylic acids is 1.